The van der Waals surface area contributed by atoms with E-state index in [0.717, 1.165) is 0 Å². The lowest BCUT2D eigenvalue weighted by Gasteiger charge is -2.21. The Balaban J connectivity index is 1.35. The van der Waals surface area contributed by atoms with Crippen molar-refractivity contribution in [3.63, 3.8) is 0 Å². The minimum atomic E-state index is -1.18. The van der Waals surface area contributed by atoms with Gasteiger partial charge in [0.2, 0.25) is 0 Å². The van der Waals surface area contributed by atoms with Gasteiger partial charge in [-0.15, -0.1) is 11.3 Å². The molecule has 3 heterocycles. The monoisotopic (exact) mass is 585 g/mol. The maximum absolute atomic E-state index is 15.7. The SMILES string of the molecule is COCCn1c(Cc2c(F)cc(-c3cccc4c3OC(C)(c3ccc(C#N)s3)O4)cc2F)nc2ccc(C(C)=O)cc21. The predicted molar refractivity (Wildman–Crippen MR) is 154 cm³/mol. The second kappa shape index (κ2) is 10.7. The van der Waals surface area contributed by atoms with Gasteiger partial charge in [-0.1, -0.05) is 12.1 Å². The lowest BCUT2D eigenvalue weighted by atomic mass is 10.00. The first-order valence-corrected chi connectivity index (χ1v) is 14.0. The Morgan fingerprint density at radius 3 is 2.60 bits per heavy atom. The minimum Gasteiger partial charge on any atom is -0.444 e. The quantitative estimate of drug-likeness (QED) is 0.182. The molecule has 5 aromatic rings. The summed E-state index contributed by atoms with van der Waals surface area (Å²) < 4.78 is 50.7. The van der Waals surface area contributed by atoms with E-state index in [1.807, 2.05) is 4.57 Å². The lowest BCUT2D eigenvalue weighted by Crippen LogP contribution is -2.30. The number of ketones is 1. The van der Waals surface area contributed by atoms with Crippen molar-refractivity contribution in [3.05, 3.63) is 99.0 Å². The minimum absolute atomic E-state index is 0.0879. The Hall–Kier alpha value is -4.59. The molecule has 2 aromatic heterocycles. The van der Waals surface area contributed by atoms with Gasteiger partial charge in [-0.2, -0.15) is 5.26 Å². The molecule has 1 aliphatic rings. The number of hydrogen-bond acceptors (Lipinski definition) is 7. The van der Waals surface area contributed by atoms with Gasteiger partial charge in [-0.3, -0.25) is 4.79 Å². The molecule has 0 N–H and O–H groups in total. The molecule has 212 valence electrons. The molecule has 0 radical (unpaired) electrons. The van der Waals surface area contributed by atoms with E-state index < -0.39 is 17.4 Å². The molecule has 0 aliphatic carbocycles. The lowest BCUT2D eigenvalue weighted by molar-refractivity contribution is -0.0645. The summed E-state index contributed by atoms with van der Waals surface area (Å²) in [5.74, 6) is -1.47. The van der Waals surface area contributed by atoms with E-state index >= 15 is 8.78 Å². The van der Waals surface area contributed by atoms with Crippen LogP contribution in [0.2, 0.25) is 0 Å². The van der Waals surface area contributed by atoms with Crippen LogP contribution in [0.25, 0.3) is 22.2 Å². The number of fused-ring (bicyclic) bond motifs is 2. The van der Waals surface area contributed by atoms with Crippen LogP contribution in [0.4, 0.5) is 8.78 Å². The van der Waals surface area contributed by atoms with Gasteiger partial charge in [-0.25, -0.2) is 13.8 Å². The van der Waals surface area contributed by atoms with Crippen molar-refractivity contribution in [2.75, 3.05) is 13.7 Å². The number of imidazole rings is 1. The topological polar surface area (TPSA) is 86.4 Å². The van der Waals surface area contributed by atoms with Gasteiger partial charge >= 0.3 is 0 Å². The third kappa shape index (κ3) is 4.81. The summed E-state index contributed by atoms with van der Waals surface area (Å²) in [7, 11) is 1.57. The Morgan fingerprint density at radius 2 is 1.90 bits per heavy atom. The Kier molecular flexibility index (Phi) is 7.01. The van der Waals surface area contributed by atoms with Gasteiger partial charge in [0.05, 0.1) is 22.5 Å². The van der Waals surface area contributed by atoms with Crippen LogP contribution in [0.5, 0.6) is 11.5 Å². The van der Waals surface area contributed by atoms with Gasteiger partial charge in [0.15, 0.2) is 17.3 Å². The van der Waals surface area contributed by atoms with E-state index in [4.69, 9.17) is 14.2 Å². The number of nitrogens with zero attached hydrogens (tertiary/aromatic N) is 3. The van der Waals surface area contributed by atoms with E-state index in [0.29, 0.717) is 68.0 Å². The zero-order valence-corrected chi connectivity index (χ0v) is 23.9. The normalized spacial score (nSPS) is 15.7. The number of ether oxygens (including phenoxy) is 3. The first-order chi connectivity index (χ1) is 20.2. The predicted octanol–water partition coefficient (Wildman–Crippen LogP) is 7.00. The van der Waals surface area contributed by atoms with Gasteiger partial charge in [0.25, 0.3) is 5.79 Å². The number of Topliss-reactive ketones (excluding diaryl/α,β-unsaturated/α-hetero) is 1. The number of halogens is 2. The Bertz CT molecular complexity index is 1880. The fourth-order valence-corrected chi connectivity index (χ4v) is 5.96. The molecule has 0 spiro atoms. The fourth-order valence-electron chi connectivity index (χ4n) is 5.14. The van der Waals surface area contributed by atoms with Crippen molar-refractivity contribution in [3.8, 4) is 28.7 Å². The van der Waals surface area contributed by atoms with Crippen LogP contribution in [0.3, 0.4) is 0 Å². The Labute approximate surface area is 244 Å². The molecule has 0 amide bonds. The van der Waals surface area contributed by atoms with E-state index in [2.05, 4.69) is 11.1 Å². The molecular weight excluding hydrogens is 560 g/mol. The maximum Gasteiger partial charge on any atom is 0.284 e. The summed E-state index contributed by atoms with van der Waals surface area (Å²) in [5, 5.41) is 9.22. The maximum atomic E-state index is 15.7. The van der Waals surface area contributed by atoms with Crippen molar-refractivity contribution in [2.24, 2.45) is 0 Å². The summed E-state index contributed by atoms with van der Waals surface area (Å²) >= 11 is 1.25. The molecule has 42 heavy (non-hydrogen) atoms. The average Bonchev–Trinajstić information content (AvgIpc) is 3.68. The molecule has 10 heteroatoms. The summed E-state index contributed by atoms with van der Waals surface area (Å²) in [6.45, 7) is 3.98. The molecule has 3 aromatic carbocycles. The van der Waals surface area contributed by atoms with Crippen molar-refractivity contribution < 1.29 is 27.8 Å². The Morgan fingerprint density at radius 1 is 1.12 bits per heavy atom. The van der Waals surface area contributed by atoms with E-state index in [9.17, 15) is 10.1 Å². The number of methoxy groups -OCH3 is 1. The van der Waals surface area contributed by atoms with Crippen LogP contribution in [0.1, 0.15) is 45.3 Å². The number of para-hydroxylation sites is 1. The summed E-state index contributed by atoms with van der Waals surface area (Å²) in [5.41, 5.74) is 2.48. The van der Waals surface area contributed by atoms with Crippen LogP contribution in [0.15, 0.2) is 60.7 Å². The van der Waals surface area contributed by atoms with Crippen LogP contribution in [-0.4, -0.2) is 29.1 Å². The van der Waals surface area contributed by atoms with Crippen LogP contribution in [0, 0.1) is 23.0 Å². The third-order valence-corrected chi connectivity index (χ3v) is 8.46. The second-order valence-corrected chi connectivity index (χ2v) is 11.2. The van der Waals surface area contributed by atoms with Crippen LogP contribution in [-0.2, 0) is 23.5 Å². The van der Waals surface area contributed by atoms with Gasteiger partial charge in [0.1, 0.15) is 28.4 Å². The summed E-state index contributed by atoms with van der Waals surface area (Å²) in [4.78, 5) is 17.8. The molecule has 7 nitrogen and oxygen atoms in total. The van der Waals surface area contributed by atoms with E-state index in [1.165, 1.54) is 30.4 Å². The molecule has 1 unspecified atom stereocenters. The number of hydrogen-bond donors (Lipinski definition) is 0. The molecule has 0 bridgehead atoms. The van der Waals surface area contributed by atoms with E-state index in [1.54, 1.807) is 62.6 Å². The van der Waals surface area contributed by atoms with Crippen molar-refractivity contribution in [1.82, 2.24) is 9.55 Å². The number of aromatic nitrogens is 2. The number of carbonyl (C=O) groups excluding carboxylic acids is 1. The summed E-state index contributed by atoms with van der Waals surface area (Å²) in [6, 6.07) is 18.5. The standard InChI is InChI=1S/C32H25F2N3O4S/c1-18(38)19-7-9-26-27(15-19)37(11-12-39-3)30(36-26)16-23-24(33)13-20(14-25(23)34)22-5-4-6-28-31(22)41-32(2,40-28)29-10-8-21(17-35)42-29/h4-10,13-15H,11-12,16H2,1-3H3. The number of thiophene rings is 1. The number of nitriles is 1. The first-order valence-electron chi connectivity index (χ1n) is 13.2. The zero-order valence-electron chi connectivity index (χ0n) is 23.0. The van der Waals surface area contributed by atoms with Crippen LogP contribution < -0.4 is 9.47 Å². The molecule has 0 fully saturated rings. The third-order valence-electron chi connectivity index (χ3n) is 7.28. The van der Waals surface area contributed by atoms with Gasteiger partial charge < -0.3 is 18.8 Å². The first kappa shape index (κ1) is 27.6. The van der Waals surface area contributed by atoms with Crippen molar-refractivity contribution in [1.29, 1.82) is 5.26 Å². The highest BCUT2D eigenvalue weighted by Crippen LogP contribution is 2.50. The molecule has 0 saturated heterocycles. The average molecular weight is 586 g/mol. The largest absolute Gasteiger partial charge is 0.444 e. The van der Waals surface area contributed by atoms with Crippen LogP contribution >= 0.6 is 11.3 Å². The second-order valence-electron chi connectivity index (χ2n) is 10.1. The number of rotatable bonds is 8. The van der Waals surface area contributed by atoms with E-state index in [-0.39, 0.29) is 17.8 Å². The highest BCUT2D eigenvalue weighted by Gasteiger charge is 2.41. The molecule has 1 aliphatic heterocycles. The number of benzene rings is 3. The molecule has 0 saturated carbocycles. The molecule has 6 rings (SSSR count). The zero-order chi connectivity index (χ0) is 29.6. The smallest absolute Gasteiger partial charge is 0.284 e. The highest BCUT2D eigenvalue weighted by molar-refractivity contribution is 7.12. The summed E-state index contributed by atoms with van der Waals surface area (Å²) in [6.07, 6.45) is -0.101. The number of carbonyl (C=O) groups is 1. The van der Waals surface area contributed by atoms with Gasteiger partial charge in [0, 0.05) is 43.7 Å². The van der Waals surface area contributed by atoms with Crippen molar-refractivity contribution in [2.45, 2.75) is 32.6 Å². The highest BCUT2D eigenvalue weighted by atomic mass is 32.1. The molecule has 1 atom stereocenters. The fraction of sp³-hybridized carbons (Fsp3) is 0.219. The van der Waals surface area contributed by atoms with Gasteiger partial charge in [-0.05, 0) is 61.0 Å². The molecular formula is C32H25F2N3O4S. The van der Waals surface area contributed by atoms with Crippen molar-refractivity contribution >= 4 is 28.2 Å².